The molecule has 0 radical (unpaired) electrons. The number of nitrogens with one attached hydrogen (secondary N) is 1. The molecule has 5 nitrogen and oxygen atoms in total. The Morgan fingerprint density at radius 1 is 1.37 bits per heavy atom. The van der Waals surface area contributed by atoms with Crippen molar-refractivity contribution in [1.29, 1.82) is 0 Å². The first kappa shape index (κ1) is 13.0. The van der Waals surface area contributed by atoms with Crippen LogP contribution in [-0.4, -0.2) is 33.9 Å². The van der Waals surface area contributed by atoms with Gasteiger partial charge in [0.1, 0.15) is 0 Å². The van der Waals surface area contributed by atoms with Crippen LogP contribution >= 0.6 is 0 Å². The number of para-hydroxylation sites is 1. The highest BCUT2D eigenvalue weighted by Gasteiger charge is 1.98. The van der Waals surface area contributed by atoms with Crippen molar-refractivity contribution in [2.75, 3.05) is 13.2 Å². The number of hydrogen-bond acceptors (Lipinski definition) is 3. The minimum absolute atomic E-state index is 0.0640. The number of benzene rings is 1. The van der Waals surface area contributed by atoms with Crippen LogP contribution in [0.2, 0.25) is 0 Å². The van der Waals surface area contributed by atoms with E-state index in [1.165, 1.54) is 6.08 Å². The van der Waals surface area contributed by atoms with Crippen LogP contribution in [-0.2, 0) is 4.79 Å². The van der Waals surface area contributed by atoms with E-state index in [4.69, 9.17) is 5.11 Å². The zero-order valence-electron chi connectivity index (χ0n) is 10.4. The normalized spacial score (nSPS) is 10.8. The maximum Gasteiger partial charge on any atom is 0.244 e. The molecule has 0 fully saturated rings. The fourth-order valence-corrected chi connectivity index (χ4v) is 1.55. The molecule has 0 aliphatic carbocycles. The second-order valence-corrected chi connectivity index (χ2v) is 3.90. The molecule has 0 aliphatic rings. The Hall–Kier alpha value is -2.40. The number of rotatable bonds is 5. The molecule has 0 saturated carbocycles. The Morgan fingerprint density at radius 2 is 2.16 bits per heavy atom. The van der Waals surface area contributed by atoms with Gasteiger partial charge >= 0.3 is 0 Å². The van der Waals surface area contributed by atoms with E-state index in [0.717, 1.165) is 11.3 Å². The van der Waals surface area contributed by atoms with Gasteiger partial charge in [-0.05, 0) is 18.2 Å². The summed E-state index contributed by atoms with van der Waals surface area (Å²) in [6.45, 7) is 0.192. The molecule has 5 heteroatoms. The van der Waals surface area contributed by atoms with Crippen molar-refractivity contribution in [3.8, 4) is 5.69 Å². The molecular formula is C14H15N3O2. The topological polar surface area (TPSA) is 67.2 Å². The van der Waals surface area contributed by atoms with Gasteiger partial charge in [0.15, 0.2) is 0 Å². The molecule has 2 aromatic rings. The third-order valence-corrected chi connectivity index (χ3v) is 2.46. The predicted octanol–water partition coefficient (Wildman–Crippen LogP) is 0.994. The Kier molecular flexibility index (Phi) is 4.47. The highest BCUT2D eigenvalue weighted by molar-refractivity contribution is 5.91. The number of nitrogens with zero attached hydrogens (tertiary/aromatic N) is 2. The molecule has 0 atom stereocenters. The van der Waals surface area contributed by atoms with Crippen molar-refractivity contribution in [1.82, 2.24) is 15.1 Å². The van der Waals surface area contributed by atoms with E-state index in [9.17, 15) is 4.79 Å². The highest BCUT2D eigenvalue weighted by Crippen LogP contribution is 2.08. The van der Waals surface area contributed by atoms with Crippen LogP contribution in [0.25, 0.3) is 11.8 Å². The molecule has 1 aromatic carbocycles. The van der Waals surface area contributed by atoms with Crippen molar-refractivity contribution >= 4 is 12.0 Å². The number of aromatic nitrogens is 2. The number of aliphatic hydroxyl groups is 1. The summed E-state index contributed by atoms with van der Waals surface area (Å²) >= 11 is 0. The Bertz CT molecular complexity index is 561. The summed E-state index contributed by atoms with van der Waals surface area (Å²) in [5.41, 5.74) is 1.80. The molecule has 0 saturated heterocycles. The zero-order valence-corrected chi connectivity index (χ0v) is 10.4. The van der Waals surface area contributed by atoms with Crippen molar-refractivity contribution in [3.63, 3.8) is 0 Å². The number of carbonyl (C=O) groups is 1. The van der Waals surface area contributed by atoms with Gasteiger partial charge in [0.25, 0.3) is 0 Å². The summed E-state index contributed by atoms with van der Waals surface area (Å²) < 4.78 is 1.74. The van der Waals surface area contributed by atoms with Gasteiger partial charge < -0.3 is 10.4 Å². The predicted molar refractivity (Wildman–Crippen MR) is 72.7 cm³/mol. The van der Waals surface area contributed by atoms with Gasteiger partial charge in [-0.3, -0.25) is 4.79 Å². The van der Waals surface area contributed by atoms with Crippen LogP contribution in [0.15, 0.2) is 48.8 Å². The summed E-state index contributed by atoms with van der Waals surface area (Å²) in [5.74, 6) is -0.235. The van der Waals surface area contributed by atoms with Gasteiger partial charge in [-0.15, -0.1) is 0 Å². The molecular weight excluding hydrogens is 242 g/mol. The molecule has 0 aliphatic heterocycles. The lowest BCUT2D eigenvalue weighted by Crippen LogP contribution is -2.24. The summed E-state index contributed by atoms with van der Waals surface area (Å²) in [6, 6.07) is 9.73. The van der Waals surface area contributed by atoms with Crippen molar-refractivity contribution < 1.29 is 9.90 Å². The van der Waals surface area contributed by atoms with Crippen LogP contribution in [0.4, 0.5) is 0 Å². The summed E-state index contributed by atoms with van der Waals surface area (Å²) in [7, 11) is 0. The maximum absolute atomic E-state index is 11.3. The number of hydrogen-bond donors (Lipinski definition) is 2. The quantitative estimate of drug-likeness (QED) is 0.785. The first-order chi connectivity index (χ1) is 9.29. The van der Waals surface area contributed by atoms with Gasteiger partial charge in [-0.2, -0.15) is 5.10 Å². The molecule has 1 aromatic heterocycles. The standard InChI is InChI=1S/C14H15N3O2/c18-9-8-15-14(19)7-6-12-10-16-17(11-12)13-4-2-1-3-5-13/h1-7,10-11,18H,8-9H2,(H,15,19)/b7-6+. The van der Waals surface area contributed by atoms with Crippen LogP contribution in [0.5, 0.6) is 0 Å². The van der Waals surface area contributed by atoms with E-state index in [1.54, 1.807) is 17.0 Å². The molecule has 0 unspecified atom stereocenters. The van der Waals surface area contributed by atoms with E-state index < -0.39 is 0 Å². The molecule has 19 heavy (non-hydrogen) atoms. The number of aliphatic hydroxyl groups excluding tert-OH is 1. The average Bonchev–Trinajstić information content (AvgIpc) is 2.93. The largest absolute Gasteiger partial charge is 0.395 e. The Morgan fingerprint density at radius 3 is 2.89 bits per heavy atom. The molecule has 2 N–H and O–H groups in total. The number of carbonyl (C=O) groups excluding carboxylic acids is 1. The number of amides is 1. The first-order valence-corrected chi connectivity index (χ1v) is 5.96. The first-order valence-electron chi connectivity index (χ1n) is 5.96. The van der Waals surface area contributed by atoms with Gasteiger partial charge in [0.05, 0.1) is 18.5 Å². The van der Waals surface area contributed by atoms with Crippen molar-refractivity contribution in [3.05, 3.63) is 54.4 Å². The molecule has 1 heterocycles. The molecule has 0 spiro atoms. The van der Waals surface area contributed by atoms with E-state index in [1.807, 2.05) is 36.5 Å². The summed E-state index contributed by atoms with van der Waals surface area (Å²) in [6.07, 6.45) is 6.62. The third-order valence-electron chi connectivity index (χ3n) is 2.46. The minimum Gasteiger partial charge on any atom is -0.395 e. The highest BCUT2D eigenvalue weighted by atomic mass is 16.3. The molecule has 0 bridgehead atoms. The fourth-order valence-electron chi connectivity index (χ4n) is 1.55. The van der Waals surface area contributed by atoms with Gasteiger partial charge in [-0.1, -0.05) is 18.2 Å². The van der Waals surface area contributed by atoms with E-state index >= 15 is 0 Å². The lowest BCUT2D eigenvalue weighted by atomic mass is 10.3. The van der Waals surface area contributed by atoms with Crippen LogP contribution in [0.1, 0.15) is 5.56 Å². The minimum atomic E-state index is -0.235. The van der Waals surface area contributed by atoms with Gasteiger partial charge in [-0.25, -0.2) is 4.68 Å². The second-order valence-electron chi connectivity index (χ2n) is 3.90. The SMILES string of the molecule is O=C(/C=C/c1cnn(-c2ccccc2)c1)NCCO. The smallest absolute Gasteiger partial charge is 0.244 e. The zero-order chi connectivity index (χ0) is 13.5. The Labute approximate surface area is 111 Å². The Balaban J connectivity index is 2.02. The average molecular weight is 257 g/mol. The van der Waals surface area contributed by atoms with Crippen LogP contribution < -0.4 is 5.32 Å². The van der Waals surface area contributed by atoms with Crippen molar-refractivity contribution in [2.45, 2.75) is 0 Å². The van der Waals surface area contributed by atoms with Gasteiger partial charge in [0, 0.05) is 24.4 Å². The van der Waals surface area contributed by atoms with E-state index in [-0.39, 0.29) is 19.1 Å². The lowest BCUT2D eigenvalue weighted by Gasteiger charge is -1.98. The molecule has 1 amide bonds. The van der Waals surface area contributed by atoms with Crippen molar-refractivity contribution in [2.24, 2.45) is 0 Å². The van der Waals surface area contributed by atoms with E-state index in [2.05, 4.69) is 10.4 Å². The molecule has 98 valence electrons. The van der Waals surface area contributed by atoms with E-state index in [0.29, 0.717) is 0 Å². The fraction of sp³-hybridized carbons (Fsp3) is 0.143. The summed E-state index contributed by atoms with van der Waals surface area (Å²) in [5, 5.41) is 15.3. The van der Waals surface area contributed by atoms with Crippen LogP contribution in [0, 0.1) is 0 Å². The van der Waals surface area contributed by atoms with Gasteiger partial charge in [0.2, 0.25) is 5.91 Å². The maximum atomic E-state index is 11.3. The monoisotopic (exact) mass is 257 g/mol. The van der Waals surface area contributed by atoms with Crippen LogP contribution in [0.3, 0.4) is 0 Å². The second kappa shape index (κ2) is 6.51. The lowest BCUT2D eigenvalue weighted by molar-refractivity contribution is -0.116. The molecule has 2 rings (SSSR count). The third kappa shape index (κ3) is 3.79. The summed E-state index contributed by atoms with van der Waals surface area (Å²) in [4.78, 5) is 11.3.